The second-order valence-electron chi connectivity index (χ2n) is 6.32. The molecule has 0 radical (unpaired) electrons. The van der Waals surface area contributed by atoms with Gasteiger partial charge >= 0.3 is 0 Å². The molecule has 0 aliphatic rings. The van der Waals surface area contributed by atoms with E-state index in [-0.39, 0.29) is 5.91 Å². The first-order valence-electron chi connectivity index (χ1n) is 8.91. The van der Waals surface area contributed by atoms with Gasteiger partial charge in [0.05, 0.1) is 11.4 Å². The summed E-state index contributed by atoms with van der Waals surface area (Å²) < 4.78 is 0. The molecule has 0 unspecified atom stereocenters. The number of benzene rings is 1. The number of nitrogens with zero attached hydrogens (tertiary/aromatic N) is 2. The Hall–Kier alpha value is -3.01. The van der Waals surface area contributed by atoms with E-state index < -0.39 is 0 Å². The molecule has 2 aromatic heterocycles. The van der Waals surface area contributed by atoms with Crippen LogP contribution in [-0.2, 0) is 12.8 Å². The summed E-state index contributed by atoms with van der Waals surface area (Å²) in [6.45, 7) is 4.75. The number of carbonyl (C=O) groups is 1. The predicted octanol–water partition coefficient (Wildman–Crippen LogP) is 3.99. The largest absolute Gasteiger partial charge is 0.352 e. The molecule has 2 heterocycles. The summed E-state index contributed by atoms with van der Waals surface area (Å²) in [6, 6.07) is 15.9. The summed E-state index contributed by atoms with van der Waals surface area (Å²) in [6.07, 6.45) is 5.25. The van der Waals surface area contributed by atoms with E-state index in [9.17, 15) is 4.79 Å². The van der Waals surface area contributed by atoms with Crippen molar-refractivity contribution < 1.29 is 4.79 Å². The van der Waals surface area contributed by atoms with Crippen LogP contribution in [0.25, 0.3) is 11.4 Å². The number of pyridine rings is 2. The van der Waals surface area contributed by atoms with Crippen LogP contribution in [0.1, 0.15) is 34.0 Å². The van der Waals surface area contributed by atoms with Crippen molar-refractivity contribution in [2.75, 3.05) is 6.54 Å². The fourth-order valence-corrected chi connectivity index (χ4v) is 2.75. The molecule has 0 atom stereocenters. The lowest BCUT2D eigenvalue weighted by Gasteiger charge is -2.07. The summed E-state index contributed by atoms with van der Waals surface area (Å²) >= 11 is 0. The van der Waals surface area contributed by atoms with Crippen LogP contribution >= 0.6 is 0 Å². The standard InChI is InChI=1S/C22H23N3O/c1-3-17-4-6-18(7-5-17)9-12-25-22(26)19-10-13-24-21(15-19)20-14-16(2)8-11-23-20/h4-8,10-11,13-15H,3,9,12H2,1-2H3,(H,25,26). The van der Waals surface area contributed by atoms with Gasteiger partial charge < -0.3 is 5.32 Å². The molecule has 0 spiro atoms. The lowest BCUT2D eigenvalue weighted by Crippen LogP contribution is -2.25. The van der Waals surface area contributed by atoms with Crippen molar-refractivity contribution in [1.82, 2.24) is 15.3 Å². The Labute approximate surface area is 154 Å². The van der Waals surface area contributed by atoms with Crippen molar-refractivity contribution in [3.8, 4) is 11.4 Å². The van der Waals surface area contributed by atoms with Crippen LogP contribution in [0, 0.1) is 6.92 Å². The van der Waals surface area contributed by atoms with Gasteiger partial charge in [-0.05, 0) is 60.7 Å². The van der Waals surface area contributed by atoms with Gasteiger partial charge in [-0.25, -0.2) is 0 Å². The highest BCUT2D eigenvalue weighted by Crippen LogP contribution is 2.16. The molecule has 0 bridgehead atoms. The highest BCUT2D eigenvalue weighted by atomic mass is 16.1. The molecule has 0 saturated carbocycles. The highest BCUT2D eigenvalue weighted by Gasteiger charge is 2.08. The molecule has 26 heavy (non-hydrogen) atoms. The molecule has 132 valence electrons. The van der Waals surface area contributed by atoms with Crippen LogP contribution in [0.15, 0.2) is 60.9 Å². The van der Waals surface area contributed by atoms with E-state index in [1.54, 1.807) is 24.5 Å². The fraction of sp³-hybridized carbons (Fsp3) is 0.227. The lowest BCUT2D eigenvalue weighted by atomic mass is 10.1. The van der Waals surface area contributed by atoms with Gasteiger partial charge in [0.25, 0.3) is 5.91 Å². The van der Waals surface area contributed by atoms with E-state index in [0.29, 0.717) is 17.8 Å². The third-order valence-corrected chi connectivity index (χ3v) is 4.33. The van der Waals surface area contributed by atoms with Crippen molar-refractivity contribution in [3.63, 3.8) is 0 Å². The van der Waals surface area contributed by atoms with Crippen molar-refractivity contribution in [1.29, 1.82) is 0 Å². The van der Waals surface area contributed by atoms with Gasteiger partial charge in [0.15, 0.2) is 0 Å². The third kappa shape index (κ3) is 4.54. The van der Waals surface area contributed by atoms with Gasteiger partial charge in [0.2, 0.25) is 0 Å². The van der Waals surface area contributed by atoms with Crippen molar-refractivity contribution >= 4 is 5.91 Å². The monoisotopic (exact) mass is 345 g/mol. The molecule has 1 N–H and O–H groups in total. The summed E-state index contributed by atoms with van der Waals surface area (Å²) in [7, 11) is 0. The molecule has 1 amide bonds. The molecule has 0 aliphatic heterocycles. The van der Waals surface area contributed by atoms with E-state index >= 15 is 0 Å². The van der Waals surface area contributed by atoms with Gasteiger partial charge in [-0.2, -0.15) is 0 Å². The Morgan fingerprint density at radius 2 is 1.58 bits per heavy atom. The Morgan fingerprint density at radius 1 is 0.923 bits per heavy atom. The number of aromatic nitrogens is 2. The molecule has 4 heteroatoms. The number of hydrogen-bond acceptors (Lipinski definition) is 3. The first-order chi connectivity index (χ1) is 12.7. The Balaban J connectivity index is 1.61. The van der Waals surface area contributed by atoms with E-state index in [1.807, 2.05) is 19.1 Å². The summed E-state index contributed by atoms with van der Waals surface area (Å²) in [5.74, 6) is -0.0912. The maximum absolute atomic E-state index is 12.4. The third-order valence-electron chi connectivity index (χ3n) is 4.33. The van der Waals surface area contributed by atoms with Crippen LogP contribution in [0.4, 0.5) is 0 Å². The topological polar surface area (TPSA) is 54.9 Å². The first-order valence-corrected chi connectivity index (χ1v) is 8.91. The van der Waals surface area contributed by atoms with E-state index in [2.05, 4.69) is 46.5 Å². The van der Waals surface area contributed by atoms with Crippen LogP contribution in [0.2, 0.25) is 0 Å². The molecule has 3 aromatic rings. The SMILES string of the molecule is CCc1ccc(CCNC(=O)c2ccnc(-c3cc(C)ccn3)c2)cc1. The molecule has 0 saturated heterocycles. The number of amides is 1. The van der Waals surface area contributed by atoms with Crippen LogP contribution in [-0.4, -0.2) is 22.4 Å². The lowest BCUT2D eigenvalue weighted by molar-refractivity contribution is 0.0954. The zero-order chi connectivity index (χ0) is 18.4. The number of nitrogens with one attached hydrogen (secondary N) is 1. The van der Waals surface area contributed by atoms with Gasteiger partial charge in [-0.15, -0.1) is 0 Å². The fourth-order valence-electron chi connectivity index (χ4n) is 2.75. The van der Waals surface area contributed by atoms with Crippen LogP contribution in [0.3, 0.4) is 0 Å². The van der Waals surface area contributed by atoms with Crippen LogP contribution < -0.4 is 5.32 Å². The minimum atomic E-state index is -0.0912. The van der Waals surface area contributed by atoms with Gasteiger partial charge in [-0.1, -0.05) is 31.2 Å². The predicted molar refractivity (Wildman–Crippen MR) is 104 cm³/mol. The minimum absolute atomic E-state index is 0.0912. The minimum Gasteiger partial charge on any atom is -0.352 e. The maximum atomic E-state index is 12.4. The molecular formula is C22H23N3O. The van der Waals surface area contributed by atoms with Crippen molar-refractivity contribution in [3.05, 3.63) is 83.2 Å². The molecule has 0 aliphatic carbocycles. The van der Waals surface area contributed by atoms with Gasteiger partial charge in [0.1, 0.15) is 0 Å². The van der Waals surface area contributed by atoms with Crippen molar-refractivity contribution in [2.45, 2.75) is 26.7 Å². The van der Waals surface area contributed by atoms with Gasteiger partial charge in [-0.3, -0.25) is 14.8 Å². The van der Waals surface area contributed by atoms with E-state index in [4.69, 9.17) is 0 Å². The zero-order valence-electron chi connectivity index (χ0n) is 15.2. The Morgan fingerprint density at radius 3 is 2.27 bits per heavy atom. The molecule has 1 aromatic carbocycles. The average Bonchev–Trinajstić information content (AvgIpc) is 2.68. The Kier molecular flexibility index (Phi) is 5.74. The summed E-state index contributed by atoms with van der Waals surface area (Å²) in [5.41, 5.74) is 5.74. The first kappa shape index (κ1) is 17.8. The van der Waals surface area contributed by atoms with Crippen LogP contribution in [0.5, 0.6) is 0 Å². The summed E-state index contributed by atoms with van der Waals surface area (Å²) in [5, 5.41) is 2.98. The quantitative estimate of drug-likeness (QED) is 0.735. The number of aryl methyl sites for hydroxylation is 2. The maximum Gasteiger partial charge on any atom is 0.251 e. The zero-order valence-corrected chi connectivity index (χ0v) is 15.2. The molecular weight excluding hydrogens is 322 g/mol. The second kappa shape index (κ2) is 8.39. The van der Waals surface area contributed by atoms with Gasteiger partial charge in [0, 0.05) is 24.5 Å². The van der Waals surface area contributed by atoms with E-state index in [0.717, 1.165) is 24.1 Å². The Bertz CT molecular complexity index is 888. The average molecular weight is 345 g/mol. The number of rotatable bonds is 6. The summed E-state index contributed by atoms with van der Waals surface area (Å²) in [4.78, 5) is 21.1. The molecule has 0 fully saturated rings. The number of carbonyl (C=O) groups excluding carboxylic acids is 1. The number of hydrogen-bond donors (Lipinski definition) is 1. The normalized spacial score (nSPS) is 10.5. The molecule has 4 nitrogen and oxygen atoms in total. The highest BCUT2D eigenvalue weighted by molar-refractivity contribution is 5.94. The van der Waals surface area contributed by atoms with E-state index in [1.165, 1.54) is 11.1 Å². The smallest absolute Gasteiger partial charge is 0.251 e. The molecule has 3 rings (SSSR count). The second-order valence-corrected chi connectivity index (χ2v) is 6.32. The van der Waals surface area contributed by atoms with Crippen molar-refractivity contribution in [2.24, 2.45) is 0 Å².